The van der Waals surface area contributed by atoms with Gasteiger partial charge in [-0.3, -0.25) is 14.4 Å². The van der Waals surface area contributed by atoms with Crippen molar-refractivity contribution in [3.8, 4) is 0 Å². The number of carbonyl (C=O) groups is 2. The van der Waals surface area contributed by atoms with Crippen LogP contribution in [0.3, 0.4) is 0 Å². The Labute approximate surface area is 99.4 Å². The van der Waals surface area contributed by atoms with Crippen LogP contribution in [-0.4, -0.2) is 23.5 Å². The van der Waals surface area contributed by atoms with Crippen LogP contribution in [0.1, 0.15) is 34.1 Å². The lowest BCUT2D eigenvalue weighted by molar-refractivity contribution is -0.0802. The summed E-state index contributed by atoms with van der Waals surface area (Å²) in [6, 6.07) is 6.70. The molecule has 4 nitrogen and oxygen atoms in total. The van der Waals surface area contributed by atoms with Gasteiger partial charge in [0.05, 0.1) is 17.7 Å². The summed E-state index contributed by atoms with van der Waals surface area (Å²) in [6.07, 6.45) is 4.59. The molecule has 2 rings (SSSR count). The second-order valence-corrected chi connectivity index (χ2v) is 3.63. The number of fused-ring (bicyclic) bond motifs is 1. The molecule has 0 unspecified atom stereocenters. The zero-order valence-corrected chi connectivity index (χ0v) is 9.55. The maximum Gasteiger partial charge on any atom is 0.285 e. The number of allylic oxidation sites excluding steroid dienone is 1. The van der Waals surface area contributed by atoms with Crippen LogP contribution in [0.5, 0.6) is 0 Å². The highest BCUT2D eigenvalue weighted by atomic mass is 16.7. The monoisotopic (exact) mass is 231 g/mol. The molecule has 0 radical (unpaired) electrons. The van der Waals surface area contributed by atoms with E-state index in [0.29, 0.717) is 11.1 Å². The fourth-order valence-corrected chi connectivity index (χ4v) is 1.64. The zero-order chi connectivity index (χ0) is 12.3. The van der Waals surface area contributed by atoms with E-state index in [1.165, 1.54) is 0 Å². The largest absolute Gasteiger partial charge is 0.285 e. The van der Waals surface area contributed by atoms with E-state index in [-0.39, 0.29) is 6.61 Å². The lowest BCUT2D eigenvalue weighted by Crippen LogP contribution is -2.30. The molecule has 0 atom stereocenters. The molecule has 1 heterocycles. The molecule has 0 aromatic heterocycles. The minimum Gasteiger partial charge on any atom is -0.266 e. The lowest BCUT2D eigenvalue weighted by atomic mass is 10.1. The number of hydroxylamine groups is 2. The molecule has 0 aliphatic carbocycles. The van der Waals surface area contributed by atoms with Crippen molar-refractivity contribution in [2.24, 2.45) is 0 Å². The highest BCUT2D eigenvalue weighted by Crippen LogP contribution is 2.22. The van der Waals surface area contributed by atoms with Gasteiger partial charge in [-0.15, -0.1) is 5.06 Å². The number of hydrogen-bond acceptors (Lipinski definition) is 3. The van der Waals surface area contributed by atoms with E-state index in [1.54, 1.807) is 30.3 Å². The number of rotatable bonds is 4. The summed E-state index contributed by atoms with van der Waals surface area (Å²) in [5.41, 5.74) is 0.800. The van der Waals surface area contributed by atoms with Crippen molar-refractivity contribution in [2.45, 2.75) is 13.3 Å². The number of carbonyl (C=O) groups excluding carboxylic acids is 2. The highest BCUT2D eigenvalue weighted by Gasteiger charge is 2.36. The molecule has 88 valence electrons. The van der Waals surface area contributed by atoms with E-state index in [4.69, 9.17) is 4.84 Å². The van der Waals surface area contributed by atoms with Gasteiger partial charge in [0.2, 0.25) is 0 Å². The van der Waals surface area contributed by atoms with E-state index in [9.17, 15) is 9.59 Å². The van der Waals surface area contributed by atoms with Crippen molar-refractivity contribution in [3.63, 3.8) is 0 Å². The number of hydrogen-bond donors (Lipinski definition) is 0. The van der Waals surface area contributed by atoms with Crippen LogP contribution < -0.4 is 0 Å². The molecule has 1 aromatic carbocycles. The predicted octanol–water partition coefficient (Wildman–Crippen LogP) is 2.18. The van der Waals surface area contributed by atoms with Crippen molar-refractivity contribution in [1.82, 2.24) is 5.06 Å². The average Bonchev–Trinajstić information content (AvgIpc) is 2.60. The van der Waals surface area contributed by atoms with Gasteiger partial charge in [0.1, 0.15) is 0 Å². The Morgan fingerprint density at radius 3 is 2.24 bits per heavy atom. The van der Waals surface area contributed by atoms with E-state index < -0.39 is 11.8 Å². The van der Waals surface area contributed by atoms with Crippen LogP contribution in [0.15, 0.2) is 36.4 Å². The Bertz CT molecular complexity index is 444. The summed E-state index contributed by atoms with van der Waals surface area (Å²) in [7, 11) is 0. The van der Waals surface area contributed by atoms with Gasteiger partial charge in [0, 0.05) is 0 Å². The van der Waals surface area contributed by atoms with Gasteiger partial charge in [-0.1, -0.05) is 31.2 Å². The maximum atomic E-state index is 11.8. The molecular formula is C13H13NO3. The number of imide groups is 1. The van der Waals surface area contributed by atoms with Crippen molar-refractivity contribution in [2.75, 3.05) is 6.61 Å². The van der Waals surface area contributed by atoms with Gasteiger partial charge in [-0.05, 0) is 18.6 Å². The fraction of sp³-hybridized carbons (Fsp3) is 0.231. The first-order valence-corrected chi connectivity index (χ1v) is 5.51. The second kappa shape index (κ2) is 4.93. The van der Waals surface area contributed by atoms with Crippen LogP contribution in [0.4, 0.5) is 0 Å². The summed E-state index contributed by atoms with van der Waals surface area (Å²) in [6.45, 7) is 2.22. The van der Waals surface area contributed by atoms with Gasteiger partial charge >= 0.3 is 0 Å². The number of nitrogens with zero attached hydrogens (tertiary/aromatic N) is 1. The third kappa shape index (κ3) is 2.12. The van der Waals surface area contributed by atoms with E-state index in [0.717, 1.165) is 11.5 Å². The van der Waals surface area contributed by atoms with Gasteiger partial charge in [-0.25, -0.2) is 0 Å². The third-order valence-electron chi connectivity index (χ3n) is 2.46. The molecule has 1 aromatic rings. The summed E-state index contributed by atoms with van der Waals surface area (Å²) in [5.74, 6) is -0.786. The summed E-state index contributed by atoms with van der Waals surface area (Å²) in [4.78, 5) is 28.8. The molecule has 0 bridgehead atoms. The Balaban J connectivity index is 2.11. The first-order valence-electron chi connectivity index (χ1n) is 5.51. The summed E-state index contributed by atoms with van der Waals surface area (Å²) in [5, 5.41) is 0.824. The highest BCUT2D eigenvalue weighted by molar-refractivity contribution is 6.20. The predicted molar refractivity (Wildman–Crippen MR) is 62.3 cm³/mol. The molecule has 4 heteroatoms. The van der Waals surface area contributed by atoms with E-state index >= 15 is 0 Å². The van der Waals surface area contributed by atoms with Crippen molar-refractivity contribution < 1.29 is 14.4 Å². The van der Waals surface area contributed by atoms with Crippen LogP contribution in [0, 0.1) is 0 Å². The van der Waals surface area contributed by atoms with Gasteiger partial charge in [0.25, 0.3) is 11.8 Å². The molecule has 17 heavy (non-hydrogen) atoms. The minimum absolute atomic E-state index is 0.222. The van der Waals surface area contributed by atoms with Crippen molar-refractivity contribution in [1.29, 1.82) is 0 Å². The molecule has 0 N–H and O–H groups in total. The van der Waals surface area contributed by atoms with Gasteiger partial charge in [-0.2, -0.15) is 0 Å². The third-order valence-corrected chi connectivity index (χ3v) is 2.46. The van der Waals surface area contributed by atoms with Crippen molar-refractivity contribution >= 4 is 11.8 Å². The standard InChI is InChI=1S/C13H13NO3/c1-2-3-6-9-17-14-12(15)10-7-4-5-8-11(10)13(14)16/h3-8H,2,9H2,1H3. The molecular weight excluding hydrogens is 218 g/mol. The molecule has 0 saturated carbocycles. The molecule has 2 amide bonds. The van der Waals surface area contributed by atoms with Crippen molar-refractivity contribution in [3.05, 3.63) is 47.5 Å². The Hall–Kier alpha value is -1.94. The summed E-state index contributed by atoms with van der Waals surface area (Å²) < 4.78 is 0. The maximum absolute atomic E-state index is 11.8. The lowest BCUT2D eigenvalue weighted by Gasteiger charge is -2.11. The minimum atomic E-state index is -0.393. The van der Waals surface area contributed by atoms with Crippen LogP contribution >= 0.6 is 0 Å². The Kier molecular flexibility index (Phi) is 3.35. The normalized spacial score (nSPS) is 14.8. The first-order chi connectivity index (χ1) is 8.25. The zero-order valence-electron chi connectivity index (χ0n) is 9.55. The van der Waals surface area contributed by atoms with Gasteiger partial charge in [0.15, 0.2) is 0 Å². The Morgan fingerprint density at radius 2 is 1.71 bits per heavy atom. The van der Waals surface area contributed by atoms with E-state index in [2.05, 4.69) is 0 Å². The molecule has 0 fully saturated rings. The van der Waals surface area contributed by atoms with Crippen LogP contribution in [0.2, 0.25) is 0 Å². The molecule has 0 saturated heterocycles. The summed E-state index contributed by atoms with van der Waals surface area (Å²) >= 11 is 0. The topological polar surface area (TPSA) is 46.6 Å². The first kappa shape index (κ1) is 11.5. The van der Waals surface area contributed by atoms with E-state index in [1.807, 2.05) is 13.0 Å². The molecule has 1 aliphatic heterocycles. The van der Waals surface area contributed by atoms with Crippen LogP contribution in [-0.2, 0) is 4.84 Å². The van der Waals surface area contributed by atoms with Gasteiger partial charge < -0.3 is 0 Å². The molecule has 1 aliphatic rings. The quantitative estimate of drug-likeness (QED) is 0.589. The SMILES string of the molecule is CCC=CCON1C(=O)c2ccccc2C1=O. The smallest absolute Gasteiger partial charge is 0.266 e. The Morgan fingerprint density at radius 1 is 1.12 bits per heavy atom. The average molecular weight is 231 g/mol. The fourth-order valence-electron chi connectivity index (χ4n) is 1.64. The van der Waals surface area contributed by atoms with Crippen LogP contribution in [0.25, 0.3) is 0 Å². The number of benzene rings is 1. The molecule has 0 spiro atoms. The second-order valence-electron chi connectivity index (χ2n) is 3.63. The number of amides is 2.